The molecular formula is C19H23N5O3. The van der Waals surface area contributed by atoms with Gasteiger partial charge in [0.05, 0.1) is 36.9 Å². The molecule has 0 radical (unpaired) electrons. The molecule has 8 nitrogen and oxygen atoms in total. The van der Waals surface area contributed by atoms with Crippen LogP contribution in [0, 0.1) is 6.92 Å². The van der Waals surface area contributed by atoms with Crippen LogP contribution in [-0.2, 0) is 9.53 Å². The van der Waals surface area contributed by atoms with Gasteiger partial charge in [0, 0.05) is 17.9 Å². The van der Waals surface area contributed by atoms with Crippen molar-refractivity contribution in [3.63, 3.8) is 0 Å². The SMILES string of the molecule is COC(=O)c1cnc(C2CC(=O)Nc3c2c(C)nn3C2CCCCC2)cn1. The second-order valence-electron chi connectivity index (χ2n) is 7.21. The Morgan fingerprint density at radius 2 is 2.00 bits per heavy atom. The molecule has 1 aliphatic heterocycles. The quantitative estimate of drug-likeness (QED) is 0.835. The van der Waals surface area contributed by atoms with Crippen LogP contribution < -0.4 is 5.32 Å². The molecule has 1 fully saturated rings. The first-order valence-corrected chi connectivity index (χ1v) is 9.37. The van der Waals surface area contributed by atoms with E-state index in [2.05, 4.69) is 20.0 Å². The maximum absolute atomic E-state index is 12.4. The molecule has 0 aromatic carbocycles. The molecule has 2 aliphatic rings. The Hall–Kier alpha value is -2.77. The zero-order chi connectivity index (χ0) is 19.0. The van der Waals surface area contributed by atoms with Crippen molar-refractivity contribution in [1.82, 2.24) is 19.7 Å². The van der Waals surface area contributed by atoms with Crippen molar-refractivity contribution in [2.45, 2.75) is 57.4 Å². The van der Waals surface area contributed by atoms with Crippen LogP contribution >= 0.6 is 0 Å². The molecule has 1 aliphatic carbocycles. The van der Waals surface area contributed by atoms with E-state index < -0.39 is 5.97 Å². The van der Waals surface area contributed by atoms with E-state index in [1.54, 1.807) is 6.20 Å². The Morgan fingerprint density at radius 3 is 2.67 bits per heavy atom. The summed E-state index contributed by atoms with van der Waals surface area (Å²) >= 11 is 0. The Balaban J connectivity index is 1.71. The lowest BCUT2D eigenvalue weighted by Gasteiger charge is -2.27. The van der Waals surface area contributed by atoms with E-state index in [1.807, 2.05) is 11.6 Å². The summed E-state index contributed by atoms with van der Waals surface area (Å²) in [5.41, 5.74) is 2.71. The van der Waals surface area contributed by atoms with E-state index >= 15 is 0 Å². The summed E-state index contributed by atoms with van der Waals surface area (Å²) in [7, 11) is 1.30. The highest BCUT2D eigenvalue weighted by Crippen LogP contribution is 2.41. The van der Waals surface area contributed by atoms with Crippen LogP contribution in [0.4, 0.5) is 5.82 Å². The largest absolute Gasteiger partial charge is 0.464 e. The second-order valence-corrected chi connectivity index (χ2v) is 7.21. The summed E-state index contributed by atoms with van der Waals surface area (Å²) in [6.45, 7) is 1.97. The number of fused-ring (bicyclic) bond motifs is 1. The van der Waals surface area contributed by atoms with Gasteiger partial charge in [-0.05, 0) is 19.8 Å². The number of ether oxygens (including phenoxy) is 1. The Bertz CT molecular complexity index is 868. The smallest absolute Gasteiger partial charge is 0.358 e. The number of aryl methyl sites for hydroxylation is 1. The first-order chi connectivity index (χ1) is 13.1. The molecular weight excluding hydrogens is 346 g/mol. The van der Waals surface area contributed by atoms with Crippen LogP contribution in [0.5, 0.6) is 0 Å². The minimum Gasteiger partial charge on any atom is -0.464 e. The molecule has 0 spiro atoms. The van der Waals surface area contributed by atoms with Gasteiger partial charge in [0.2, 0.25) is 5.91 Å². The number of anilines is 1. The van der Waals surface area contributed by atoms with Crippen LogP contribution in [0.3, 0.4) is 0 Å². The molecule has 2 aromatic heterocycles. The topological polar surface area (TPSA) is 99.0 Å². The maximum Gasteiger partial charge on any atom is 0.358 e. The van der Waals surface area contributed by atoms with Crippen molar-refractivity contribution in [1.29, 1.82) is 0 Å². The lowest BCUT2D eigenvalue weighted by atomic mass is 9.89. The number of nitrogens with zero attached hydrogens (tertiary/aromatic N) is 4. The zero-order valence-electron chi connectivity index (χ0n) is 15.6. The third-order valence-electron chi connectivity index (χ3n) is 5.47. The number of amides is 1. The molecule has 1 unspecified atom stereocenters. The molecule has 1 atom stereocenters. The highest BCUT2D eigenvalue weighted by molar-refractivity contribution is 5.94. The molecule has 2 aromatic rings. The van der Waals surface area contributed by atoms with E-state index in [9.17, 15) is 9.59 Å². The van der Waals surface area contributed by atoms with Gasteiger partial charge in [0.1, 0.15) is 5.82 Å². The molecule has 1 amide bonds. The number of aromatic nitrogens is 4. The average Bonchev–Trinajstić information content (AvgIpc) is 3.04. The van der Waals surface area contributed by atoms with Crippen molar-refractivity contribution in [3.05, 3.63) is 35.0 Å². The number of hydrogen-bond donors (Lipinski definition) is 1. The minimum absolute atomic E-state index is 0.0525. The third kappa shape index (κ3) is 3.20. The van der Waals surface area contributed by atoms with Gasteiger partial charge in [-0.15, -0.1) is 0 Å². The van der Waals surface area contributed by atoms with Gasteiger partial charge in [0.25, 0.3) is 0 Å². The molecule has 0 bridgehead atoms. The summed E-state index contributed by atoms with van der Waals surface area (Å²) in [4.78, 5) is 32.5. The molecule has 1 saturated carbocycles. The van der Waals surface area contributed by atoms with Crippen molar-refractivity contribution in [2.24, 2.45) is 0 Å². The van der Waals surface area contributed by atoms with E-state index in [-0.39, 0.29) is 23.9 Å². The van der Waals surface area contributed by atoms with Crippen molar-refractivity contribution >= 4 is 17.7 Å². The van der Waals surface area contributed by atoms with Gasteiger partial charge in [-0.1, -0.05) is 19.3 Å². The average molecular weight is 369 g/mol. The van der Waals surface area contributed by atoms with Gasteiger partial charge in [-0.25, -0.2) is 14.5 Å². The van der Waals surface area contributed by atoms with E-state index in [0.29, 0.717) is 11.7 Å². The van der Waals surface area contributed by atoms with Gasteiger partial charge < -0.3 is 10.1 Å². The van der Waals surface area contributed by atoms with Gasteiger partial charge in [-0.3, -0.25) is 9.78 Å². The second kappa shape index (κ2) is 7.09. The summed E-state index contributed by atoms with van der Waals surface area (Å²) in [5, 5.41) is 7.79. The fourth-order valence-corrected chi connectivity index (χ4v) is 4.14. The summed E-state index contributed by atoms with van der Waals surface area (Å²) < 4.78 is 6.67. The molecule has 8 heteroatoms. The number of methoxy groups -OCH3 is 1. The van der Waals surface area contributed by atoms with Crippen molar-refractivity contribution in [3.8, 4) is 0 Å². The van der Waals surface area contributed by atoms with E-state index in [1.165, 1.54) is 32.6 Å². The maximum atomic E-state index is 12.4. The lowest BCUT2D eigenvalue weighted by molar-refractivity contribution is -0.116. The van der Waals surface area contributed by atoms with Gasteiger partial charge in [-0.2, -0.15) is 5.10 Å². The molecule has 27 heavy (non-hydrogen) atoms. The summed E-state index contributed by atoms with van der Waals surface area (Å²) in [6, 6.07) is 0.327. The van der Waals surface area contributed by atoms with Crippen LogP contribution in [0.25, 0.3) is 0 Å². The molecule has 0 saturated heterocycles. The number of carbonyl (C=O) groups excluding carboxylic acids is 2. The van der Waals surface area contributed by atoms with E-state index in [4.69, 9.17) is 5.10 Å². The number of carbonyl (C=O) groups is 2. The Kier molecular flexibility index (Phi) is 4.63. The lowest BCUT2D eigenvalue weighted by Crippen LogP contribution is -2.27. The Labute approximate surface area is 157 Å². The van der Waals surface area contributed by atoms with Crippen molar-refractivity contribution < 1.29 is 14.3 Å². The van der Waals surface area contributed by atoms with Gasteiger partial charge >= 0.3 is 5.97 Å². The molecule has 142 valence electrons. The highest BCUT2D eigenvalue weighted by atomic mass is 16.5. The number of hydrogen-bond acceptors (Lipinski definition) is 6. The monoisotopic (exact) mass is 369 g/mol. The fourth-order valence-electron chi connectivity index (χ4n) is 4.14. The predicted molar refractivity (Wildman–Crippen MR) is 97.5 cm³/mol. The predicted octanol–water partition coefficient (Wildman–Crippen LogP) is 2.75. The zero-order valence-corrected chi connectivity index (χ0v) is 15.6. The third-order valence-corrected chi connectivity index (χ3v) is 5.47. The van der Waals surface area contributed by atoms with E-state index in [0.717, 1.165) is 29.9 Å². The number of rotatable bonds is 3. The van der Waals surface area contributed by atoms with Crippen LogP contribution in [-0.4, -0.2) is 38.7 Å². The summed E-state index contributed by atoms with van der Waals surface area (Å²) in [6.07, 6.45) is 9.05. The number of esters is 1. The first kappa shape index (κ1) is 17.6. The molecule has 4 rings (SSSR count). The normalized spacial score (nSPS) is 20.1. The van der Waals surface area contributed by atoms with Gasteiger partial charge in [0.15, 0.2) is 5.69 Å². The fraction of sp³-hybridized carbons (Fsp3) is 0.526. The van der Waals surface area contributed by atoms with Crippen LogP contribution in [0.1, 0.15) is 77.9 Å². The standard InChI is InChI=1S/C19H23N5O3/c1-11-17-13(14-9-21-15(10-20-14)19(26)27-2)8-16(25)22-18(17)24(23-11)12-6-4-3-5-7-12/h9-10,12-13H,3-8H2,1-2H3,(H,22,25). The number of nitrogens with one attached hydrogen (secondary N) is 1. The summed E-state index contributed by atoms with van der Waals surface area (Å²) in [5.74, 6) is -0.00879. The molecule has 1 N–H and O–H groups in total. The Morgan fingerprint density at radius 1 is 1.22 bits per heavy atom. The minimum atomic E-state index is -0.530. The molecule has 3 heterocycles. The first-order valence-electron chi connectivity index (χ1n) is 9.37. The highest BCUT2D eigenvalue weighted by Gasteiger charge is 2.35. The van der Waals surface area contributed by atoms with Crippen molar-refractivity contribution in [2.75, 3.05) is 12.4 Å². The van der Waals surface area contributed by atoms with Crippen LogP contribution in [0.2, 0.25) is 0 Å². The van der Waals surface area contributed by atoms with Crippen LogP contribution in [0.15, 0.2) is 12.4 Å².